The van der Waals surface area contributed by atoms with Crippen molar-refractivity contribution in [3.8, 4) is 0 Å². The lowest BCUT2D eigenvalue weighted by atomic mass is 9.85. The maximum absolute atomic E-state index is 12.2. The van der Waals surface area contributed by atoms with Gasteiger partial charge in [0.1, 0.15) is 5.78 Å². The van der Waals surface area contributed by atoms with Gasteiger partial charge in [-0.2, -0.15) is 0 Å². The van der Waals surface area contributed by atoms with E-state index in [1.165, 1.54) is 77.0 Å². The molecule has 0 aromatic heterocycles. The summed E-state index contributed by atoms with van der Waals surface area (Å²) in [4.78, 5) is 12.2. The first-order valence-corrected chi connectivity index (χ1v) is 13.3. The number of ketones is 1. The molecule has 0 amide bonds. The van der Waals surface area contributed by atoms with Gasteiger partial charge in [-0.1, -0.05) is 91.2 Å². The van der Waals surface area contributed by atoms with Crippen molar-refractivity contribution in [1.82, 2.24) is 0 Å². The van der Waals surface area contributed by atoms with E-state index >= 15 is 0 Å². The highest BCUT2D eigenvalue weighted by atomic mass is 16.5. The number of ether oxygens (including phenoxy) is 1. The minimum atomic E-state index is 0.354. The monoisotopic (exact) mass is 420 g/mol. The van der Waals surface area contributed by atoms with E-state index in [-0.39, 0.29) is 0 Å². The topological polar surface area (TPSA) is 26.3 Å². The van der Waals surface area contributed by atoms with Crippen molar-refractivity contribution in [2.24, 2.45) is 17.8 Å². The molecule has 2 nitrogen and oxygen atoms in total. The summed E-state index contributed by atoms with van der Waals surface area (Å²) in [5.74, 6) is 2.24. The molecule has 0 bridgehead atoms. The van der Waals surface area contributed by atoms with E-state index in [0.717, 1.165) is 32.3 Å². The van der Waals surface area contributed by atoms with Gasteiger partial charge in [0.15, 0.2) is 0 Å². The normalized spacial score (nSPS) is 22.7. The summed E-state index contributed by atoms with van der Waals surface area (Å²) in [5.41, 5.74) is 0. The Morgan fingerprint density at radius 3 is 2.00 bits per heavy atom. The molecule has 0 aliphatic carbocycles. The second kappa shape index (κ2) is 18.0. The first-order chi connectivity index (χ1) is 14.6. The van der Waals surface area contributed by atoms with Crippen molar-refractivity contribution < 1.29 is 9.53 Å². The Labute approximate surface area is 188 Å². The van der Waals surface area contributed by atoms with Crippen LogP contribution in [0.15, 0.2) is 12.2 Å². The van der Waals surface area contributed by atoms with Crippen LogP contribution in [0, 0.1) is 17.8 Å². The van der Waals surface area contributed by atoms with Crippen LogP contribution in [0.5, 0.6) is 0 Å². The van der Waals surface area contributed by atoms with Gasteiger partial charge < -0.3 is 4.74 Å². The third kappa shape index (κ3) is 12.9. The lowest BCUT2D eigenvalue weighted by molar-refractivity contribution is -0.119. The van der Waals surface area contributed by atoms with E-state index in [9.17, 15) is 4.79 Å². The Morgan fingerprint density at radius 1 is 0.867 bits per heavy atom. The summed E-state index contributed by atoms with van der Waals surface area (Å²) in [7, 11) is 0. The van der Waals surface area contributed by atoms with Gasteiger partial charge in [-0.15, -0.1) is 0 Å². The van der Waals surface area contributed by atoms with Crippen molar-refractivity contribution in [2.45, 2.75) is 137 Å². The highest BCUT2D eigenvalue weighted by Gasteiger charge is 2.34. The predicted octanol–water partition coefficient (Wildman–Crippen LogP) is 8.68. The second-order valence-electron chi connectivity index (χ2n) is 10.0. The molecule has 2 heteroatoms. The van der Waals surface area contributed by atoms with Gasteiger partial charge in [-0.25, -0.2) is 0 Å². The SMILES string of the molecule is CCCCCCCC/C=C/CCCCCCCC(=O)CCC(C)[C@H]1OC[C@@H](C)[C@@H]1C. The van der Waals surface area contributed by atoms with Crippen molar-refractivity contribution in [3.63, 3.8) is 0 Å². The van der Waals surface area contributed by atoms with Crippen molar-refractivity contribution in [2.75, 3.05) is 6.61 Å². The minimum absolute atomic E-state index is 0.354. The number of Topliss-reactive ketones (excluding diaryl/α,β-unsaturated/α-hetero) is 1. The number of carbonyl (C=O) groups is 1. The highest BCUT2D eigenvalue weighted by molar-refractivity contribution is 5.78. The fourth-order valence-electron chi connectivity index (χ4n) is 4.64. The highest BCUT2D eigenvalue weighted by Crippen LogP contribution is 2.32. The van der Waals surface area contributed by atoms with Crippen LogP contribution in [-0.2, 0) is 9.53 Å². The molecule has 0 radical (unpaired) electrons. The molecule has 30 heavy (non-hydrogen) atoms. The molecule has 0 spiro atoms. The third-order valence-electron chi connectivity index (χ3n) is 7.12. The summed E-state index contributed by atoms with van der Waals surface area (Å²) in [6.07, 6.45) is 24.6. The van der Waals surface area contributed by atoms with Crippen molar-refractivity contribution in [1.29, 1.82) is 0 Å². The summed E-state index contributed by atoms with van der Waals surface area (Å²) in [5, 5.41) is 0. The Kier molecular flexibility index (Phi) is 16.4. The van der Waals surface area contributed by atoms with Gasteiger partial charge in [0.2, 0.25) is 0 Å². The predicted molar refractivity (Wildman–Crippen MR) is 131 cm³/mol. The molecule has 1 heterocycles. The first-order valence-electron chi connectivity index (χ1n) is 13.3. The van der Waals surface area contributed by atoms with Gasteiger partial charge in [0.05, 0.1) is 6.10 Å². The maximum atomic E-state index is 12.2. The number of hydrogen-bond donors (Lipinski definition) is 0. The molecule has 1 aliphatic rings. The second-order valence-corrected chi connectivity index (χ2v) is 10.0. The molecule has 176 valence electrons. The molecule has 0 aromatic carbocycles. The number of carbonyl (C=O) groups excluding carboxylic acids is 1. The van der Waals surface area contributed by atoms with Gasteiger partial charge in [-0.05, 0) is 56.3 Å². The van der Waals surface area contributed by atoms with Crippen LogP contribution in [0.1, 0.15) is 130 Å². The molecule has 0 aromatic rings. The Balaban J connectivity index is 1.87. The molecule has 0 saturated carbocycles. The molecule has 1 rings (SSSR count). The molecule has 4 atom stereocenters. The first kappa shape index (κ1) is 27.4. The van der Waals surface area contributed by atoms with Crippen LogP contribution in [0.4, 0.5) is 0 Å². The van der Waals surface area contributed by atoms with Crippen LogP contribution in [0.25, 0.3) is 0 Å². The van der Waals surface area contributed by atoms with E-state index < -0.39 is 0 Å². The average molecular weight is 421 g/mol. The Hall–Kier alpha value is -0.630. The standard InChI is InChI=1S/C28H52O2/c1-5-6-7-8-9-10-11-12-13-14-15-16-17-18-19-20-27(29)22-21-24(2)28-26(4)25(3)23-30-28/h12-13,24-26,28H,5-11,14-23H2,1-4H3/b13-12+/t24?,25-,26+,28-/m1/s1. The van der Waals surface area contributed by atoms with Crippen LogP contribution in [-0.4, -0.2) is 18.5 Å². The summed E-state index contributed by atoms with van der Waals surface area (Å²) >= 11 is 0. The van der Waals surface area contributed by atoms with E-state index in [0.29, 0.717) is 29.6 Å². The minimum Gasteiger partial charge on any atom is -0.377 e. The number of unbranched alkanes of at least 4 members (excludes halogenated alkanes) is 11. The van der Waals surface area contributed by atoms with E-state index in [1.807, 2.05) is 0 Å². The molecule has 0 N–H and O–H groups in total. The zero-order chi connectivity index (χ0) is 22.0. The molecule has 1 aliphatic heterocycles. The lowest BCUT2D eigenvalue weighted by Gasteiger charge is -2.23. The Morgan fingerprint density at radius 2 is 1.43 bits per heavy atom. The number of allylic oxidation sites excluding steroid dienone is 2. The Bertz CT molecular complexity index is 442. The van der Waals surface area contributed by atoms with Crippen LogP contribution >= 0.6 is 0 Å². The van der Waals surface area contributed by atoms with Gasteiger partial charge in [0.25, 0.3) is 0 Å². The quantitative estimate of drug-likeness (QED) is 0.154. The molecule has 1 saturated heterocycles. The summed E-state index contributed by atoms with van der Waals surface area (Å²) in [6.45, 7) is 9.99. The van der Waals surface area contributed by atoms with Gasteiger partial charge in [-0.3, -0.25) is 4.79 Å². The lowest BCUT2D eigenvalue weighted by Crippen LogP contribution is -2.24. The zero-order valence-corrected chi connectivity index (χ0v) is 20.8. The smallest absolute Gasteiger partial charge is 0.132 e. The fourth-order valence-corrected chi connectivity index (χ4v) is 4.64. The molecular weight excluding hydrogens is 368 g/mol. The van der Waals surface area contributed by atoms with Crippen LogP contribution < -0.4 is 0 Å². The average Bonchev–Trinajstić information content (AvgIpc) is 3.07. The summed E-state index contributed by atoms with van der Waals surface area (Å²) in [6, 6.07) is 0. The molecule has 1 unspecified atom stereocenters. The molecule has 1 fully saturated rings. The zero-order valence-electron chi connectivity index (χ0n) is 20.8. The van der Waals surface area contributed by atoms with E-state index in [4.69, 9.17) is 4.74 Å². The largest absolute Gasteiger partial charge is 0.377 e. The van der Waals surface area contributed by atoms with Crippen molar-refractivity contribution >= 4 is 5.78 Å². The van der Waals surface area contributed by atoms with Crippen molar-refractivity contribution in [3.05, 3.63) is 12.2 Å². The summed E-state index contributed by atoms with van der Waals surface area (Å²) < 4.78 is 5.95. The number of rotatable bonds is 19. The van der Waals surface area contributed by atoms with Gasteiger partial charge >= 0.3 is 0 Å². The fraction of sp³-hybridized carbons (Fsp3) is 0.893. The van der Waals surface area contributed by atoms with E-state index in [1.54, 1.807) is 0 Å². The third-order valence-corrected chi connectivity index (χ3v) is 7.12. The van der Waals surface area contributed by atoms with E-state index in [2.05, 4.69) is 39.8 Å². The van der Waals surface area contributed by atoms with Gasteiger partial charge in [0, 0.05) is 19.4 Å². The van der Waals surface area contributed by atoms with Crippen LogP contribution in [0.2, 0.25) is 0 Å². The number of hydrogen-bond acceptors (Lipinski definition) is 2. The van der Waals surface area contributed by atoms with Crippen LogP contribution in [0.3, 0.4) is 0 Å². The maximum Gasteiger partial charge on any atom is 0.132 e. The molecular formula is C28H52O2.